The molecule has 2 nitrogen and oxygen atoms in total. The minimum atomic E-state index is -2.18. The Hall–Kier alpha value is -1.66. The van der Waals surface area contributed by atoms with E-state index in [0.717, 1.165) is 12.8 Å². The van der Waals surface area contributed by atoms with Crippen LogP contribution in [-0.4, -0.2) is 6.21 Å². The van der Waals surface area contributed by atoms with Crippen molar-refractivity contribution < 1.29 is 26.8 Å². The van der Waals surface area contributed by atoms with Gasteiger partial charge in [-0.05, 0) is 18.8 Å². The third-order valence-corrected chi connectivity index (χ3v) is 2.48. The Kier molecular flexibility index (Phi) is 3.49. The Labute approximate surface area is 99.0 Å². The summed E-state index contributed by atoms with van der Waals surface area (Å²) in [5, 5.41) is 3.40. The zero-order valence-corrected chi connectivity index (χ0v) is 9.02. The number of hydrogen-bond donors (Lipinski definition) is 0. The average molecular weight is 265 g/mol. The van der Waals surface area contributed by atoms with Gasteiger partial charge in [0.25, 0.3) is 0 Å². The van der Waals surface area contributed by atoms with Crippen molar-refractivity contribution in [2.75, 3.05) is 0 Å². The molecule has 7 heteroatoms. The van der Waals surface area contributed by atoms with Crippen molar-refractivity contribution in [1.82, 2.24) is 0 Å². The van der Waals surface area contributed by atoms with E-state index in [2.05, 4.69) is 9.99 Å². The highest BCUT2D eigenvalue weighted by Gasteiger charge is 2.26. The Morgan fingerprint density at radius 3 is 1.94 bits per heavy atom. The normalized spacial score (nSPS) is 15.4. The molecule has 2 rings (SSSR count). The summed E-state index contributed by atoms with van der Waals surface area (Å²) in [6.45, 7) is -0.811. The highest BCUT2D eigenvalue weighted by molar-refractivity contribution is 5.62. The van der Waals surface area contributed by atoms with Crippen molar-refractivity contribution in [2.45, 2.75) is 19.4 Å². The van der Waals surface area contributed by atoms with Crippen LogP contribution >= 0.6 is 0 Å². The number of hydrogen-bond acceptors (Lipinski definition) is 2. The summed E-state index contributed by atoms with van der Waals surface area (Å²) in [4.78, 5) is 4.52. The summed E-state index contributed by atoms with van der Waals surface area (Å²) in [5.74, 6) is -9.67. The summed E-state index contributed by atoms with van der Waals surface area (Å²) in [6, 6.07) is 0. The van der Waals surface area contributed by atoms with Gasteiger partial charge in [0.2, 0.25) is 5.82 Å². The van der Waals surface area contributed by atoms with Crippen molar-refractivity contribution in [3.63, 3.8) is 0 Å². The second kappa shape index (κ2) is 4.91. The number of halogens is 5. The molecule has 0 radical (unpaired) electrons. The second-order valence-electron chi connectivity index (χ2n) is 3.91. The summed E-state index contributed by atoms with van der Waals surface area (Å²) >= 11 is 0. The maximum absolute atomic E-state index is 13.1. The van der Waals surface area contributed by atoms with E-state index in [1.807, 2.05) is 0 Å². The van der Waals surface area contributed by atoms with Gasteiger partial charge < -0.3 is 4.84 Å². The van der Waals surface area contributed by atoms with Gasteiger partial charge in [0.05, 0.1) is 5.56 Å². The van der Waals surface area contributed by atoms with Crippen molar-refractivity contribution >= 4 is 6.21 Å². The summed E-state index contributed by atoms with van der Waals surface area (Å²) in [7, 11) is 0. The lowest BCUT2D eigenvalue weighted by Crippen LogP contribution is -2.07. The highest BCUT2D eigenvalue weighted by Crippen LogP contribution is 2.27. The fourth-order valence-electron chi connectivity index (χ4n) is 1.25. The Balaban J connectivity index is 2.15. The molecule has 98 valence electrons. The molecule has 0 unspecified atom stereocenters. The predicted molar refractivity (Wildman–Crippen MR) is 52.2 cm³/mol. The van der Waals surface area contributed by atoms with E-state index in [1.165, 1.54) is 6.21 Å². The summed E-state index contributed by atoms with van der Waals surface area (Å²) in [6.07, 6.45) is 3.34. The molecule has 1 fully saturated rings. The Morgan fingerprint density at radius 1 is 0.944 bits per heavy atom. The van der Waals surface area contributed by atoms with E-state index in [-0.39, 0.29) is 5.92 Å². The van der Waals surface area contributed by atoms with Gasteiger partial charge in [-0.15, -0.1) is 0 Å². The van der Waals surface area contributed by atoms with E-state index in [9.17, 15) is 22.0 Å². The van der Waals surface area contributed by atoms with Crippen LogP contribution in [0, 0.1) is 35.0 Å². The van der Waals surface area contributed by atoms with E-state index >= 15 is 0 Å². The molecule has 0 bridgehead atoms. The fraction of sp³-hybridized carbons (Fsp3) is 0.364. The van der Waals surface area contributed by atoms with Crippen molar-refractivity contribution in [3.8, 4) is 0 Å². The van der Waals surface area contributed by atoms with E-state index < -0.39 is 41.3 Å². The average Bonchev–Trinajstić information content (AvgIpc) is 3.17. The van der Waals surface area contributed by atoms with Crippen LogP contribution in [-0.2, 0) is 11.4 Å². The first kappa shape index (κ1) is 12.8. The van der Waals surface area contributed by atoms with Gasteiger partial charge in [0.1, 0.15) is 6.61 Å². The fourth-order valence-corrected chi connectivity index (χ4v) is 1.25. The van der Waals surface area contributed by atoms with E-state index in [0.29, 0.717) is 0 Å². The molecule has 0 aliphatic heterocycles. The smallest absolute Gasteiger partial charge is 0.200 e. The lowest BCUT2D eigenvalue weighted by molar-refractivity contribution is 0.123. The van der Waals surface area contributed by atoms with Gasteiger partial charge >= 0.3 is 0 Å². The van der Waals surface area contributed by atoms with Crippen molar-refractivity contribution in [1.29, 1.82) is 0 Å². The first-order chi connectivity index (χ1) is 8.52. The number of rotatable bonds is 4. The van der Waals surface area contributed by atoms with Gasteiger partial charge in [-0.25, -0.2) is 22.0 Å². The van der Waals surface area contributed by atoms with Gasteiger partial charge in [0, 0.05) is 6.21 Å². The number of nitrogens with zero attached hydrogens (tertiary/aromatic N) is 1. The Morgan fingerprint density at radius 2 is 1.44 bits per heavy atom. The van der Waals surface area contributed by atoms with Gasteiger partial charge in [-0.1, -0.05) is 5.16 Å². The van der Waals surface area contributed by atoms with Gasteiger partial charge in [-0.2, -0.15) is 0 Å². The lowest BCUT2D eigenvalue weighted by atomic mass is 10.2. The zero-order valence-electron chi connectivity index (χ0n) is 9.02. The van der Waals surface area contributed by atoms with Crippen LogP contribution in [0.1, 0.15) is 18.4 Å². The molecule has 0 amide bonds. The van der Waals surface area contributed by atoms with E-state index in [4.69, 9.17) is 0 Å². The summed E-state index contributed by atoms with van der Waals surface area (Å²) in [5.41, 5.74) is -1.03. The maximum Gasteiger partial charge on any atom is 0.200 e. The summed E-state index contributed by atoms with van der Waals surface area (Å²) < 4.78 is 64.6. The molecule has 0 aromatic heterocycles. The number of benzene rings is 1. The van der Waals surface area contributed by atoms with E-state index in [1.54, 1.807) is 0 Å². The van der Waals surface area contributed by atoms with Crippen LogP contribution in [0.3, 0.4) is 0 Å². The van der Waals surface area contributed by atoms with Gasteiger partial charge in [0.15, 0.2) is 23.3 Å². The largest absolute Gasteiger partial charge is 0.391 e. The maximum atomic E-state index is 13.1. The molecular weight excluding hydrogens is 257 g/mol. The molecule has 0 heterocycles. The minimum absolute atomic E-state index is 0.279. The molecule has 1 aromatic carbocycles. The second-order valence-corrected chi connectivity index (χ2v) is 3.91. The van der Waals surface area contributed by atoms with Crippen LogP contribution in [0.5, 0.6) is 0 Å². The molecular formula is C11H8F5NO. The molecule has 0 saturated heterocycles. The van der Waals surface area contributed by atoms with Crippen molar-refractivity contribution in [2.24, 2.45) is 11.1 Å². The molecule has 1 saturated carbocycles. The minimum Gasteiger partial charge on any atom is -0.391 e. The SMILES string of the molecule is Fc1c(F)c(F)c(CON=CC2CC2)c(F)c1F. The van der Waals surface area contributed by atoms with Crippen LogP contribution in [0.4, 0.5) is 22.0 Å². The Bertz CT molecular complexity index is 470. The molecule has 1 aliphatic rings. The highest BCUT2D eigenvalue weighted by atomic mass is 19.2. The van der Waals surface area contributed by atoms with Crippen LogP contribution in [0.25, 0.3) is 0 Å². The van der Waals surface area contributed by atoms with Gasteiger partial charge in [-0.3, -0.25) is 0 Å². The predicted octanol–water partition coefficient (Wildman–Crippen LogP) is 3.29. The van der Waals surface area contributed by atoms with Crippen LogP contribution in [0.2, 0.25) is 0 Å². The molecule has 18 heavy (non-hydrogen) atoms. The van der Waals surface area contributed by atoms with Crippen LogP contribution < -0.4 is 0 Å². The third kappa shape index (κ3) is 2.44. The molecule has 1 aromatic rings. The molecule has 0 atom stereocenters. The monoisotopic (exact) mass is 265 g/mol. The standard InChI is InChI=1S/C11H8F5NO/c12-7-6(4-18-17-3-5-1-2-5)8(13)10(15)11(16)9(7)14/h3,5H,1-2,4H2. The molecule has 1 aliphatic carbocycles. The van der Waals surface area contributed by atoms with Crippen LogP contribution in [0.15, 0.2) is 5.16 Å². The molecule has 0 spiro atoms. The first-order valence-electron chi connectivity index (χ1n) is 5.18. The topological polar surface area (TPSA) is 21.6 Å². The quantitative estimate of drug-likeness (QED) is 0.269. The third-order valence-electron chi connectivity index (χ3n) is 2.48. The number of oxime groups is 1. The zero-order chi connectivity index (χ0) is 13.3. The lowest BCUT2D eigenvalue weighted by Gasteiger charge is -2.06. The molecule has 0 N–H and O–H groups in total. The van der Waals surface area contributed by atoms with Crippen molar-refractivity contribution in [3.05, 3.63) is 34.6 Å². The first-order valence-corrected chi connectivity index (χ1v) is 5.18.